The average Bonchev–Trinajstić information content (AvgIpc) is 2.89. The van der Waals surface area contributed by atoms with Crippen molar-refractivity contribution < 1.29 is 14.6 Å². The molecule has 112 valence electrons. The van der Waals surface area contributed by atoms with Crippen LogP contribution >= 0.6 is 0 Å². The van der Waals surface area contributed by atoms with Crippen LogP contribution in [0, 0.1) is 5.92 Å². The molecule has 1 aliphatic heterocycles. The van der Waals surface area contributed by atoms with Gasteiger partial charge in [0.1, 0.15) is 0 Å². The van der Waals surface area contributed by atoms with E-state index in [1.807, 2.05) is 0 Å². The molecule has 1 saturated heterocycles. The summed E-state index contributed by atoms with van der Waals surface area (Å²) in [4.78, 5) is 0. The van der Waals surface area contributed by atoms with Gasteiger partial charge in [-0.25, -0.2) is 0 Å². The Hall–Kier alpha value is -0.120. The molecule has 19 heavy (non-hydrogen) atoms. The molecule has 3 heteroatoms. The van der Waals surface area contributed by atoms with Crippen LogP contribution in [0.25, 0.3) is 0 Å². The number of aliphatic hydroxyl groups is 1. The molecule has 2 atom stereocenters. The van der Waals surface area contributed by atoms with Gasteiger partial charge in [0.2, 0.25) is 0 Å². The maximum absolute atomic E-state index is 10.8. The van der Waals surface area contributed by atoms with Crippen molar-refractivity contribution >= 4 is 0 Å². The van der Waals surface area contributed by atoms with Crippen LogP contribution < -0.4 is 0 Å². The number of ether oxygens (including phenoxy) is 2. The van der Waals surface area contributed by atoms with E-state index in [1.54, 1.807) is 7.11 Å². The molecule has 0 radical (unpaired) electrons. The van der Waals surface area contributed by atoms with Crippen LogP contribution in [0.1, 0.15) is 65.2 Å². The first-order valence-corrected chi connectivity index (χ1v) is 7.98. The Morgan fingerprint density at radius 1 is 1.32 bits per heavy atom. The third-order valence-corrected chi connectivity index (χ3v) is 5.63. The van der Waals surface area contributed by atoms with E-state index < -0.39 is 0 Å². The average molecular weight is 270 g/mol. The second-order valence-corrected chi connectivity index (χ2v) is 6.41. The molecule has 2 aliphatic rings. The highest BCUT2D eigenvalue weighted by Crippen LogP contribution is 2.45. The van der Waals surface area contributed by atoms with Gasteiger partial charge in [-0.15, -0.1) is 0 Å². The summed E-state index contributed by atoms with van der Waals surface area (Å²) in [5.74, 6) is 0.326. The first-order chi connectivity index (χ1) is 9.11. The molecule has 0 bridgehead atoms. The highest BCUT2D eigenvalue weighted by Gasteiger charge is 2.46. The van der Waals surface area contributed by atoms with Gasteiger partial charge in [0.15, 0.2) is 0 Å². The van der Waals surface area contributed by atoms with Gasteiger partial charge in [0, 0.05) is 13.7 Å². The van der Waals surface area contributed by atoms with E-state index in [9.17, 15) is 5.11 Å². The molecule has 0 aromatic carbocycles. The van der Waals surface area contributed by atoms with Crippen molar-refractivity contribution in [1.82, 2.24) is 0 Å². The van der Waals surface area contributed by atoms with Crippen molar-refractivity contribution in [3.63, 3.8) is 0 Å². The fraction of sp³-hybridized carbons (Fsp3) is 1.00. The largest absolute Gasteiger partial charge is 0.390 e. The molecule has 1 saturated carbocycles. The molecule has 1 heterocycles. The van der Waals surface area contributed by atoms with Gasteiger partial charge in [-0.2, -0.15) is 0 Å². The normalized spacial score (nSPS) is 28.7. The summed E-state index contributed by atoms with van der Waals surface area (Å²) in [6, 6.07) is 0. The predicted octanol–water partition coefficient (Wildman–Crippen LogP) is 3.29. The number of methoxy groups -OCH3 is 1. The Kier molecular flexibility index (Phi) is 4.91. The van der Waals surface area contributed by atoms with Crippen LogP contribution in [-0.4, -0.2) is 36.1 Å². The standard InChI is InChI=1S/C16H30O3/c1-4-16(5-2,18-3)14(17)13-8-11-19-15(12-13)9-6-7-10-15/h13-14,17H,4-12H2,1-3H3. The first kappa shape index (κ1) is 15.3. The van der Waals surface area contributed by atoms with Crippen molar-refractivity contribution in [3.8, 4) is 0 Å². The van der Waals surface area contributed by atoms with Gasteiger partial charge in [0.05, 0.1) is 17.3 Å². The lowest BCUT2D eigenvalue weighted by molar-refractivity contribution is -0.168. The number of hydrogen-bond donors (Lipinski definition) is 1. The lowest BCUT2D eigenvalue weighted by atomic mass is 9.74. The quantitative estimate of drug-likeness (QED) is 0.833. The van der Waals surface area contributed by atoms with Gasteiger partial charge in [-0.3, -0.25) is 0 Å². The smallest absolute Gasteiger partial charge is 0.0933 e. The van der Waals surface area contributed by atoms with Gasteiger partial charge in [0.25, 0.3) is 0 Å². The molecular weight excluding hydrogens is 240 g/mol. The lowest BCUT2D eigenvalue weighted by Crippen LogP contribution is -2.51. The Morgan fingerprint density at radius 2 is 1.95 bits per heavy atom. The predicted molar refractivity (Wildman–Crippen MR) is 76.2 cm³/mol. The van der Waals surface area contributed by atoms with Crippen molar-refractivity contribution in [2.75, 3.05) is 13.7 Å². The molecule has 2 unspecified atom stereocenters. The number of hydrogen-bond acceptors (Lipinski definition) is 3. The number of aliphatic hydroxyl groups excluding tert-OH is 1. The molecule has 2 fully saturated rings. The van der Waals surface area contributed by atoms with E-state index in [4.69, 9.17) is 9.47 Å². The van der Waals surface area contributed by atoms with Crippen LogP contribution in [0.4, 0.5) is 0 Å². The fourth-order valence-corrected chi connectivity index (χ4v) is 4.21. The molecule has 0 aromatic heterocycles. The second-order valence-electron chi connectivity index (χ2n) is 6.41. The molecule has 1 N–H and O–H groups in total. The van der Waals surface area contributed by atoms with Gasteiger partial charge < -0.3 is 14.6 Å². The summed E-state index contributed by atoms with van der Waals surface area (Å²) in [7, 11) is 1.74. The molecule has 1 spiro atoms. The van der Waals surface area contributed by atoms with E-state index in [0.29, 0.717) is 5.92 Å². The zero-order valence-corrected chi connectivity index (χ0v) is 12.8. The lowest BCUT2D eigenvalue weighted by Gasteiger charge is -2.45. The SMILES string of the molecule is CCC(CC)(OC)C(O)C1CCOC2(CCCC2)C1. The van der Waals surface area contributed by atoms with E-state index >= 15 is 0 Å². The summed E-state index contributed by atoms with van der Waals surface area (Å²) in [5.41, 5.74) is -0.299. The maximum Gasteiger partial charge on any atom is 0.0933 e. The molecule has 0 amide bonds. The van der Waals surface area contributed by atoms with E-state index in [1.165, 1.54) is 25.7 Å². The Balaban J connectivity index is 2.07. The van der Waals surface area contributed by atoms with Crippen LogP contribution in [0.3, 0.4) is 0 Å². The topological polar surface area (TPSA) is 38.7 Å². The van der Waals surface area contributed by atoms with Crippen molar-refractivity contribution in [2.45, 2.75) is 82.5 Å². The maximum atomic E-state index is 10.8. The van der Waals surface area contributed by atoms with E-state index in [-0.39, 0.29) is 17.3 Å². The van der Waals surface area contributed by atoms with Gasteiger partial charge in [-0.1, -0.05) is 26.7 Å². The monoisotopic (exact) mass is 270 g/mol. The second kappa shape index (κ2) is 6.11. The molecule has 0 aromatic rings. The zero-order valence-electron chi connectivity index (χ0n) is 12.8. The van der Waals surface area contributed by atoms with Crippen LogP contribution in [0.5, 0.6) is 0 Å². The minimum Gasteiger partial charge on any atom is -0.390 e. The van der Waals surface area contributed by atoms with Crippen molar-refractivity contribution in [2.24, 2.45) is 5.92 Å². The third-order valence-electron chi connectivity index (χ3n) is 5.63. The molecule has 3 nitrogen and oxygen atoms in total. The molecule has 1 aliphatic carbocycles. The third kappa shape index (κ3) is 2.84. The highest BCUT2D eigenvalue weighted by atomic mass is 16.5. The summed E-state index contributed by atoms with van der Waals surface area (Å²) >= 11 is 0. The van der Waals surface area contributed by atoms with E-state index in [0.717, 1.165) is 32.3 Å². The number of rotatable bonds is 5. The van der Waals surface area contributed by atoms with Gasteiger partial charge in [-0.05, 0) is 44.4 Å². The molecular formula is C16H30O3. The minimum absolute atomic E-state index is 0.0743. The van der Waals surface area contributed by atoms with Crippen LogP contribution in [0.15, 0.2) is 0 Å². The van der Waals surface area contributed by atoms with Crippen molar-refractivity contribution in [3.05, 3.63) is 0 Å². The summed E-state index contributed by atoms with van der Waals surface area (Å²) in [6.07, 6.45) is 8.25. The minimum atomic E-state index is -0.373. The highest BCUT2D eigenvalue weighted by molar-refractivity contribution is 4.97. The summed E-state index contributed by atoms with van der Waals surface area (Å²) in [6.45, 7) is 5.02. The van der Waals surface area contributed by atoms with Crippen molar-refractivity contribution in [1.29, 1.82) is 0 Å². The van der Waals surface area contributed by atoms with Crippen LogP contribution in [-0.2, 0) is 9.47 Å². The summed E-state index contributed by atoms with van der Waals surface area (Å²) in [5, 5.41) is 10.8. The zero-order chi connectivity index (χ0) is 13.9. The van der Waals surface area contributed by atoms with Crippen LogP contribution in [0.2, 0.25) is 0 Å². The fourth-order valence-electron chi connectivity index (χ4n) is 4.21. The Morgan fingerprint density at radius 3 is 2.47 bits per heavy atom. The van der Waals surface area contributed by atoms with E-state index in [2.05, 4.69) is 13.8 Å². The Bertz CT molecular complexity index is 271. The first-order valence-electron chi connectivity index (χ1n) is 7.98. The van der Waals surface area contributed by atoms with Gasteiger partial charge >= 0.3 is 0 Å². The Labute approximate surface area is 117 Å². The summed E-state index contributed by atoms with van der Waals surface area (Å²) < 4.78 is 11.8. The molecule has 2 rings (SSSR count).